The highest BCUT2D eigenvalue weighted by Crippen LogP contribution is 2.43. The van der Waals surface area contributed by atoms with E-state index < -0.39 is 5.91 Å². The summed E-state index contributed by atoms with van der Waals surface area (Å²) >= 11 is 0. The minimum atomic E-state index is -0.512. The molecule has 2 heterocycles. The second-order valence-corrected chi connectivity index (χ2v) is 5.72. The van der Waals surface area contributed by atoms with E-state index in [4.69, 9.17) is 10.2 Å². The number of nitrogens with one attached hydrogen (secondary N) is 1. The molecule has 2 bridgehead atoms. The van der Waals surface area contributed by atoms with E-state index in [1.807, 2.05) is 6.07 Å². The van der Waals surface area contributed by atoms with E-state index in [0.29, 0.717) is 12.0 Å². The van der Waals surface area contributed by atoms with Crippen LogP contribution in [-0.2, 0) is 0 Å². The predicted octanol–water partition coefficient (Wildman–Crippen LogP) is 2.00. The Morgan fingerprint density at radius 3 is 2.89 bits per heavy atom. The van der Waals surface area contributed by atoms with Gasteiger partial charge in [-0.15, -0.1) is 0 Å². The Bertz CT molecular complexity index is 661. The molecule has 3 unspecified atom stereocenters. The van der Waals surface area contributed by atoms with Crippen molar-refractivity contribution in [3.8, 4) is 0 Å². The van der Waals surface area contributed by atoms with Crippen LogP contribution in [0, 0.1) is 5.92 Å². The number of benzene rings is 1. The molecule has 4 nitrogen and oxygen atoms in total. The summed E-state index contributed by atoms with van der Waals surface area (Å²) < 4.78 is 5.52. The quantitative estimate of drug-likeness (QED) is 0.863. The molecular weight excluding hydrogens is 240 g/mol. The number of carbonyl (C=O) groups excluding carboxylic acids is 1. The van der Waals surface area contributed by atoms with Gasteiger partial charge in [0.1, 0.15) is 5.58 Å². The van der Waals surface area contributed by atoms with Crippen LogP contribution in [0.15, 0.2) is 28.7 Å². The van der Waals surface area contributed by atoms with E-state index in [1.165, 1.54) is 18.4 Å². The first-order chi connectivity index (χ1) is 9.20. The van der Waals surface area contributed by atoms with Crippen molar-refractivity contribution in [2.45, 2.75) is 24.8 Å². The number of fused-ring (bicyclic) bond motifs is 3. The molecule has 0 spiro atoms. The van der Waals surface area contributed by atoms with Crippen LogP contribution in [0.5, 0.6) is 0 Å². The van der Waals surface area contributed by atoms with E-state index in [2.05, 4.69) is 17.4 Å². The highest BCUT2D eigenvalue weighted by atomic mass is 16.3. The van der Waals surface area contributed by atoms with Crippen LogP contribution in [-0.4, -0.2) is 18.5 Å². The molecule has 3 N–H and O–H groups in total. The lowest BCUT2D eigenvalue weighted by atomic mass is 9.88. The Kier molecular flexibility index (Phi) is 2.23. The number of rotatable bonds is 2. The minimum Gasteiger partial charge on any atom is -0.451 e. The van der Waals surface area contributed by atoms with Crippen molar-refractivity contribution in [2.75, 3.05) is 6.54 Å². The van der Waals surface area contributed by atoms with Crippen LogP contribution >= 0.6 is 0 Å². The van der Waals surface area contributed by atoms with Crippen molar-refractivity contribution >= 4 is 16.9 Å². The summed E-state index contributed by atoms with van der Waals surface area (Å²) in [5.74, 6) is 1.09. The molecule has 1 aromatic heterocycles. The third kappa shape index (κ3) is 1.67. The molecule has 1 saturated heterocycles. The monoisotopic (exact) mass is 256 g/mol. The summed E-state index contributed by atoms with van der Waals surface area (Å²) in [5, 5.41) is 4.47. The maximum atomic E-state index is 11.1. The molecular formula is C15H16N2O2. The number of hydrogen-bond donors (Lipinski definition) is 2. The third-order valence-corrected chi connectivity index (χ3v) is 4.58. The molecule has 2 aromatic rings. The summed E-state index contributed by atoms with van der Waals surface area (Å²) in [6, 6.07) is 8.66. The molecule has 2 fully saturated rings. The highest BCUT2D eigenvalue weighted by molar-refractivity contribution is 5.95. The first-order valence-electron chi connectivity index (χ1n) is 6.77. The van der Waals surface area contributed by atoms with Gasteiger partial charge >= 0.3 is 0 Å². The molecule has 1 amide bonds. The van der Waals surface area contributed by atoms with Gasteiger partial charge in [0.05, 0.1) is 0 Å². The second-order valence-electron chi connectivity index (χ2n) is 5.72. The molecule has 3 atom stereocenters. The normalized spacial score (nSPS) is 29.2. The van der Waals surface area contributed by atoms with E-state index in [1.54, 1.807) is 6.07 Å². The lowest BCUT2D eigenvalue weighted by Gasteiger charge is -2.22. The van der Waals surface area contributed by atoms with Crippen molar-refractivity contribution in [1.82, 2.24) is 5.32 Å². The number of hydrogen-bond acceptors (Lipinski definition) is 3. The summed E-state index contributed by atoms with van der Waals surface area (Å²) in [4.78, 5) is 11.1. The Balaban J connectivity index is 1.73. The van der Waals surface area contributed by atoms with Gasteiger partial charge in [0.15, 0.2) is 5.76 Å². The molecule has 0 radical (unpaired) electrons. The maximum absolute atomic E-state index is 11.1. The van der Waals surface area contributed by atoms with Crippen molar-refractivity contribution < 1.29 is 9.21 Å². The van der Waals surface area contributed by atoms with Crippen molar-refractivity contribution in [3.63, 3.8) is 0 Å². The van der Waals surface area contributed by atoms with Gasteiger partial charge in [0.2, 0.25) is 0 Å². The summed E-state index contributed by atoms with van der Waals surface area (Å²) in [5.41, 5.74) is 7.34. The number of furan rings is 1. The largest absolute Gasteiger partial charge is 0.451 e. The summed E-state index contributed by atoms with van der Waals surface area (Å²) in [6.07, 6.45) is 2.49. The average Bonchev–Trinajstić information content (AvgIpc) is 3.11. The van der Waals surface area contributed by atoms with Crippen molar-refractivity contribution in [2.24, 2.45) is 11.7 Å². The van der Waals surface area contributed by atoms with E-state index in [-0.39, 0.29) is 5.76 Å². The fourth-order valence-electron chi connectivity index (χ4n) is 3.64. The number of nitrogens with two attached hydrogens (primary N) is 1. The van der Waals surface area contributed by atoms with Gasteiger partial charge in [-0.05, 0) is 48.9 Å². The molecule has 2 aliphatic rings. The molecule has 19 heavy (non-hydrogen) atoms. The van der Waals surface area contributed by atoms with Crippen LogP contribution in [0.3, 0.4) is 0 Å². The Morgan fingerprint density at radius 2 is 2.21 bits per heavy atom. The smallest absolute Gasteiger partial charge is 0.284 e. The molecule has 1 aromatic carbocycles. The van der Waals surface area contributed by atoms with Crippen molar-refractivity contribution in [1.29, 1.82) is 0 Å². The zero-order chi connectivity index (χ0) is 13.0. The van der Waals surface area contributed by atoms with Crippen LogP contribution in [0.2, 0.25) is 0 Å². The van der Waals surface area contributed by atoms with Gasteiger partial charge in [-0.3, -0.25) is 4.79 Å². The first-order valence-corrected chi connectivity index (χ1v) is 6.77. The number of carbonyl (C=O) groups is 1. The highest BCUT2D eigenvalue weighted by Gasteiger charge is 2.40. The number of piperidine rings is 1. The van der Waals surface area contributed by atoms with Crippen LogP contribution in [0.1, 0.15) is 34.9 Å². The molecule has 98 valence electrons. The van der Waals surface area contributed by atoms with E-state index >= 15 is 0 Å². The van der Waals surface area contributed by atoms with Gasteiger partial charge in [-0.1, -0.05) is 12.1 Å². The van der Waals surface area contributed by atoms with E-state index in [9.17, 15) is 4.79 Å². The van der Waals surface area contributed by atoms with Gasteiger partial charge in [0, 0.05) is 11.4 Å². The fraction of sp³-hybridized carbons (Fsp3) is 0.400. The third-order valence-electron chi connectivity index (χ3n) is 4.58. The van der Waals surface area contributed by atoms with Gasteiger partial charge in [-0.25, -0.2) is 0 Å². The van der Waals surface area contributed by atoms with Crippen LogP contribution < -0.4 is 11.1 Å². The van der Waals surface area contributed by atoms with Gasteiger partial charge in [-0.2, -0.15) is 0 Å². The lowest BCUT2D eigenvalue weighted by Crippen LogP contribution is -2.28. The van der Waals surface area contributed by atoms with Gasteiger partial charge in [0.25, 0.3) is 5.91 Å². The predicted molar refractivity (Wildman–Crippen MR) is 72.0 cm³/mol. The Labute approximate surface area is 111 Å². The lowest BCUT2D eigenvalue weighted by molar-refractivity contribution is 0.0976. The second kappa shape index (κ2) is 3.84. The summed E-state index contributed by atoms with van der Waals surface area (Å²) in [7, 11) is 0. The first kappa shape index (κ1) is 11.1. The SMILES string of the molecule is NC(=O)c1cc2ccc(C3CC4CC3CN4)cc2o1. The zero-order valence-corrected chi connectivity index (χ0v) is 10.6. The van der Waals surface area contributed by atoms with Crippen LogP contribution in [0.25, 0.3) is 11.0 Å². The standard InChI is InChI=1S/C15H16N2O2/c16-15(18)14-5-9-2-1-8(4-13(9)19-14)12-6-11-3-10(12)7-17-11/h1-2,4-5,10-12,17H,3,6-7H2,(H2,16,18). The number of amides is 1. The molecule has 1 aliphatic carbocycles. The molecule has 1 aliphatic heterocycles. The fourth-order valence-corrected chi connectivity index (χ4v) is 3.64. The zero-order valence-electron chi connectivity index (χ0n) is 10.6. The van der Waals surface area contributed by atoms with Crippen LogP contribution in [0.4, 0.5) is 0 Å². The molecule has 1 saturated carbocycles. The maximum Gasteiger partial charge on any atom is 0.284 e. The van der Waals surface area contributed by atoms with Gasteiger partial charge < -0.3 is 15.5 Å². The Hall–Kier alpha value is -1.81. The summed E-state index contributed by atoms with van der Waals surface area (Å²) in [6.45, 7) is 1.12. The molecule has 4 rings (SSSR count). The van der Waals surface area contributed by atoms with E-state index in [0.717, 1.165) is 23.4 Å². The Morgan fingerprint density at radius 1 is 1.32 bits per heavy atom. The number of primary amides is 1. The average molecular weight is 256 g/mol. The van der Waals surface area contributed by atoms with Crippen molar-refractivity contribution in [3.05, 3.63) is 35.6 Å². The molecule has 4 heteroatoms. The minimum absolute atomic E-state index is 0.238. The topological polar surface area (TPSA) is 68.3 Å².